The summed E-state index contributed by atoms with van der Waals surface area (Å²) in [5.74, 6) is 1.11. The average molecular weight is 400 g/mol. The Labute approximate surface area is 169 Å². The first-order valence-corrected chi connectivity index (χ1v) is 9.35. The number of ether oxygens (including phenoxy) is 3. The third kappa shape index (κ3) is 4.54. The van der Waals surface area contributed by atoms with E-state index in [4.69, 9.17) is 25.8 Å². The van der Waals surface area contributed by atoms with E-state index in [-0.39, 0.29) is 11.6 Å². The minimum Gasteiger partial charge on any atom is -0.493 e. The molecule has 2 aromatic carbocycles. The first-order valence-electron chi connectivity index (χ1n) is 8.97. The van der Waals surface area contributed by atoms with E-state index in [9.17, 15) is 4.79 Å². The number of rotatable bonds is 6. The Kier molecular flexibility index (Phi) is 6.05. The number of aliphatic imine (C=N–C) groups is 1. The number of carbonyl (C=O) groups is 1. The Hall–Kier alpha value is -2.79. The van der Waals surface area contributed by atoms with Gasteiger partial charge >= 0.3 is 5.97 Å². The molecule has 0 fully saturated rings. The Morgan fingerprint density at radius 1 is 1.21 bits per heavy atom. The quantitative estimate of drug-likeness (QED) is 0.504. The second-order valence-corrected chi connectivity index (χ2v) is 7.35. The predicted octanol–water partition coefficient (Wildman–Crippen LogP) is 5.04. The van der Waals surface area contributed by atoms with E-state index in [0.29, 0.717) is 34.6 Å². The Balaban J connectivity index is 1.91. The zero-order valence-corrected chi connectivity index (χ0v) is 17.0. The van der Waals surface area contributed by atoms with Gasteiger partial charge in [0.2, 0.25) is 5.90 Å². The van der Waals surface area contributed by atoms with Crippen LogP contribution in [-0.2, 0) is 9.53 Å². The van der Waals surface area contributed by atoms with Crippen LogP contribution in [0.2, 0.25) is 5.02 Å². The van der Waals surface area contributed by atoms with Gasteiger partial charge in [0, 0.05) is 5.56 Å². The van der Waals surface area contributed by atoms with Crippen molar-refractivity contribution in [2.75, 3.05) is 13.7 Å². The zero-order valence-electron chi connectivity index (χ0n) is 16.3. The number of halogens is 1. The van der Waals surface area contributed by atoms with Gasteiger partial charge in [-0.15, -0.1) is 0 Å². The molecule has 0 aromatic heterocycles. The fourth-order valence-corrected chi connectivity index (χ4v) is 2.87. The lowest BCUT2D eigenvalue weighted by molar-refractivity contribution is -0.129. The summed E-state index contributed by atoms with van der Waals surface area (Å²) in [6.07, 6.45) is 1.62. The van der Waals surface area contributed by atoms with Crippen LogP contribution < -0.4 is 9.47 Å². The highest BCUT2D eigenvalue weighted by Gasteiger charge is 2.24. The van der Waals surface area contributed by atoms with Gasteiger partial charge in [0.1, 0.15) is 0 Å². The first-order chi connectivity index (χ1) is 13.4. The summed E-state index contributed by atoms with van der Waals surface area (Å²) >= 11 is 6.37. The van der Waals surface area contributed by atoms with Crippen LogP contribution >= 0.6 is 11.6 Å². The van der Waals surface area contributed by atoms with Crippen LogP contribution in [0.1, 0.15) is 30.5 Å². The third-order valence-electron chi connectivity index (χ3n) is 4.04. The summed E-state index contributed by atoms with van der Waals surface area (Å²) in [4.78, 5) is 16.5. The second kappa shape index (κ2) is 8.48. The molecule has 28 heavy (non-hydrogen) atoms. The molecule has 1 heterocycles. The molecular weight excluding hydrogens is 378 g/mol. The van der Waals surface area contributed by atoms with Gasteiger partial charge in [-0.1, -0.05) is 43.1 Å². The Bertz CT molecular complexity index is 946. The Morgan fingerprint density at radius 3 is 2.57 bits per heavy atom. The third-order valence-corrected chi connectivity index (χ3v) is 4.32. The van der Waals surface area contributed by atoms with Crippen molar-refractivity contribution in [3.05, 3.63) is 63.8 Å². The molecule has 0 N–H and O–H groups in total. The van der Waals surface area contributed by atoms with Crippen LogP contribution in [0.4, 0.5) is 0 Å². The average Bonchev–Trinajstić information content (AvgIpc) is 3.01. The molecule has 3 rings (SSSR count). The summed E-state index contributed by atoms with van der Waals surface area (Å²) in [6.45, 7) is 6.61. The molecule has 0 amide bonds. The highest BCUT2D eigenvalue weighted by Crippen LogP contribution is 2.37. The molecular formula is C22H22ClNO4. The fourth-order valence-electron chi connectivity index (χ4n) is 2.60. The maximum atomic E-state index is 12.2. The molecule has 0 saturated heterocycles. The molecule has 1 aliphatic heterocycles. The van der Waals surface area contributed by atoms with E-state index in [0.717, 1.165) is 11.1 Å². The number of hydrogen-bond donors (Lipinski definition) is 0. The van der Waals surface area contributed by atoms with Crippen molar-refractivity contribution in [2.45, 2.75) is 20.8 Å². The highest BCUT2D eigenvalue weighted by molar-refractivity contribution is 6.32. The Morgan fingerprint density at radius 2 is 1.93 bits per heavy atom. The summed E-state index contributed by atoms with van der Waals surface area (Å²) < 4.78 is 16.5. The number of benzene rings is 2. The number of nitrogens with zero attached hydrogens (tertiary/aromatic N) is 1. The van der Waals surface area contributed by atoms with Crippen LogP contribution in [0, 0.1) is 12.8 Å². The summed E-state index contributed by atoms with van der Waals surface area (Å²) in [5.41, 5.74) is 2.73. The lowest BCUT2D eigenvalue weighted by atomic mass is 10.1. The van der Waals surface area contributed by atoms with Crippen LogP contribution in [0.15, 0.2) is 47.1 Å². The lowest BCUT2D eigenvalue weighted by Gasteiger charge is -2.14. The van der Waals surface area contributed by atoms with Gasteiger partial charge in [0.25, 0.3) is 0 Å². The molecule has 0 unspecified atom stereocenters. The van der Waals surface area contributed by atoms with Gasteiger partial charge in [-0.2, -0.15) is 0 Å². The smallest absolute Gasteiger partial charge is 0.363 e. The summed E-state index contributed by atoms with van der Waals surface area (Å²) in [7, 11) is 1.54. The van der Waals surface area contributed by atoms with E-state index in [1.807, 2.05) is 31.2 Å². The van der Waals surface area contributed by atoms with E-state index in [2.05, 4.69) is 18.8 Å². The van der Waals surface area contributed by atoms with Crippen molar-refractivity contribution in [2.24, 2.45) is 10.9 Å². The number of hydrogen-bond acceptors (Lipinski definition) is 5. The van der Waals surface area contributed by atoms with Crippen LogP contribution in [0.5, 0.6) is 11.5 Å². The van der Waals surface area contributed by atoms with Gasteiger partial charge in [0.05, 0.1) is 18.7 Å². The first kappa shape index (κ1) is 20.0. The maximum Gasteiger partial charge on any atom is 0.363 e. The molecule has 1 aliphatic rings. The molecule has 0 spiro atoms. The minimum absolute atomic E-state index is 0.199. The van der Waals surface area contributed by atoms with E-state index in [1.54, 1.807) is 25.3 Å². The maximum absolute atomic E-state index is 12.2. The molecule has 6 heteroatoms. The topological polar surface area (TPSA) is 57.1 Å². The molecule has 0 atom stereocenters. The summed E-state index contributed by atoms with van der Waals surface area (Å²) in [5, 5.41) is 0.404. The molecule has 0 bridgehead atoms. The normalized spacial score (nSPS) is 15.0. The van der Waals surface area contributed by atoms with E-state index < -0.39 is 5.97 Å². The van der Waals surface area contributed by atoms with Crippen molar-refractivity contribution in [3.8, 4) is 11.5 Å². The van der Waals surface area contributed by atoms with Crippen molar-refractivity contribution in [1.82, 2.24) is 0 Å². The van der Waals surface area contributed by atoms with Crippen LogP contribution in [-0.4, -0.2) is 25.6 Å². The standard InChI is InChI=1S/C22H22ClNO4/c1-13(2)12-27-20-17(23)9-15(11-19(20)26-4)10-18-22(25)28-21(24-18)16-7-5-14(3)6-8-16/h5-11,13H,12H2,1-4H3/b18-10-. The van der Waals surface area contributed by atoms with Crippen molar-refractivity contribution < 1.29 is 19.0 Å². The predicted molar refractivity (Wildman–Crippen MR) is 110 cm³/mol. The van der Waals surface area contributed by atoms with Gasteiger partial charge in [0.15, 0.2) is 17.2 Å². The SMILES string of the molecule is COc1cc(/C=C2\N=C(c3ccc(C)cc3)OC2=O)cc(Cl)c1OCC(C)C. The molecule has 0 radical (unpaired) electrons. The molecule has 5 nitrogen and oxygen atoms in total. The fraction of sp³-hybridized carbons (Fsp3) is 0.273. The number of esters is 1. The lowest BCUT2D eigenvalue weighted by Crippen LogP contribution is -2.06. The van der Waals surface area contributed by atoms with Gasteiger partial charge < -0.3 is 14.2 Å². The number of carbonyl (C=O) groups excluding carboxylic acids is 1. The number of methoxy groups -OCH3 is 1. The highest BCUT2D eigenvalue weighted by atomic mass is 35.5. The van der Waals surface area contributed by atoms with Crippen LogP contribution in [0.3, 0.4) is 0 Å². The largest absolute Gasteiger partial charge is 0.493 e. The van der Waals surface area contributed by atoms with Crippen molar-refractivity contribution in [3.63, 3.8) is 0 Å². The molecule has 0 aliphatic carbocycles. The zero-order chi connectivity index (χ0) is 20.3. The molecule has 146 valence electrons. The van der Waals surface area contributed by atoms with E-state index in [1.165, 1.54) is 0 Å². The molecule has 0 saturated carbocycles. The van der Waals surface area contributed by atoms with E-state index >= 15 is 0 Å². The summed E-state index contributed by atoms with van der Waals surface area (Å²) in [6, 6.07) is 11.1. The van der Waals surface area contributed by atoms with Crippen LogP contribution in [0.25, 0.3) is 6.08 Å². The van der Waals surface area contributed by atoms with Gasteiger partial charge in [-0.3, -0.25) is 0 Å². The minimum atomic E-state index is -0.509. The van der Waals surface area contributed by atoms with Gasteiger partial charge in [-0.05, 0) is 48.7 Å². The number of cyclic esters (lactones) is 1. The number of aryl methyl sites for hydroxylation is 1. The van der Waals surface area contributed by atoms with Crippen molar-refractivity contribution in [1.29, 1.82) is 0 Å². The molecule has 2 aromatic rings. The van der Waals surface area contributed by atoms with Gasteiger partial charge in [-0.25, -0.2) is 9.79 Å². The monoisotopic (exact) mass is 399 g/mol. The van der Waals surface area contributed by atoms with Crippen molar-refractivity contribution >= 4 is 29.5 Å². The second-order valence-electron chi connectivity index (χ2n) is 6.94.